The topological polar surface area (TPSA) is 44.8 Å². The Kier molecular flexibility index (Phi) is 4.89. The van der Waals surface area contributed by atoms with E-state index in [-0.39, 0.29) is 0 Å². The van der Waals surface area contributed by atoms with Gasteiger partial charge in [-0.1, -0.05) is 0 Å². The summed E-state index contributed by atoms with van der Waals surface area (Å²) < 4.78 is 15.8. The van der Waals surface area contributed by atoms with E-state index >= 15 is 0 Å². The monoisotopic (exact) mass is 234 g/mol. The summed E-state index contributed by atoms with van der Waals surface area (Å²) in [5.74, 6) is 3.82. The van der Waals surface area contributed by atoms with Gasteiger partial charge >= 0.3 is 0 Å². The molecule has 17 heavy (non-hydrogen) atoms. The molecule has 0 atom stereocenters. The lowest BCUT2D eigenvalue weighted by atomic mass is 10.2. The minimum absolute atomic E-state index is 0.365. The lowest BCUT2D eigenvalue weighted by Gasteiger charge is -2.14. The molecule has 0 amide bonds. The van der Waals surface area contributed by atoms with Crippen LogP contribution in [0.2, 0.25) is 0 Å². The lowest BCUT2D eigenvalue weighted by molar-refractivity contribution is 0.112. The number of rotatable bonds is 6. The number of benzene rings is 1. The zero-order valence-electron chi connectivity index (χ0n) is 9.86. The highest BCUT2D eigenvalue weighted by Crippen LogP contribution is 2.38. The highest BCUT2D eigenvalue weighted by atomic mass is 16.5. The number of aldehydes is 1. The summed E-state index contributed by atoms with van der Waals surface area (Å²) in [7, 11) is 2.99. The predicted molar refractivity (Wildman–Crippen MR) is 63.9 cm³/mol. The summed E-state index contributed by atoms with van der Waals surface area (Å²) in [4.78, 5) is 10.7. The van der Waals surface area contributed by atoms with E-state index in [1.54, 1.807) is 12.1 Å². The Balaban J connectivity index is 3.07. The molecular formula is C13H14O4. The fourth-order valence-corrected chi connectivity index (χ4v) is 1.32. The predicted octanol–water partition coefficient (Wildman–Crippen LogP) is 1.92. The summed E-state index contributed by atoms with van der Waals surface area (Å²) in [6, 6.07) is 3.17. The van der Waals surface area contributed by atoms with Gasteiger partial charge in [0.2, 0.25) is 5.75 Å². The van der Waals surface area contributed by atoms with E-state index < -0.39 is 0 Å². The average molecular weight is 234 g/mol. The SMILES string of the molecule is C#CCCOc1c(OC)cc(C=O)cc1OC. The standard InChI is InChI=1S/C13H14O4/c1-4-5-6-17-13-11(15-2)7-10(9-14)8-12(13)16-3/h1,7-9H,5-6H2,2-3H3. The third-order valence-corrected chi connectivity index (χ3v) is 2.11. The zero-order chi connectivity index (χ0) is 12.7. The van der Waals surface area contributed by atoms with E-state index in [0.717, 1.165) is 6.29 Å². The van der Waals surface area contributed by atoms with Crippen LogP contribution < -0.4 is 14.2 Å². The third-order valence-electron chi connectivity index (χ3n) is 2.11. The molecule has 0 heterocycles. The van der Waals surface area contributed by atoms with Crippen LogP contribution in [0.5, 0.6) is 17.2 Å². The van der Waals surface area contributed by atoms with E-state index in [2.05, 4.69) is 5.92 Å². The molecule has 0 saturated carbocycles. The molecule has 0 aliphatic heterocycles. The van der Waals surface area contributed by atoms with Crippen molar-refractivity contribution in [3.05, 3.63) is 17.7 Å². The van der Waals surface area contributed by atoms with E-state index in [1.807, 2.05) is 0 Å². The van der Waals surface area contributed by atoms with Crippen LogP contribution in [0.4, 0.5) is 0 Å². The van der Waals surface area contributed by atoms with Gasteiger partial charge in [-0.25, -0.2) is 0 Å². The number of carbonyl (C=O) groups excluding carboxylic acids is 1. The number of hydrogen-bond donors (Lipinski definition) is 0. The Hall–Kier alpha value is -2.15. The lowest BCUT2D eigenvalue weighted by Crippen LogP contribution is -2.01. The van der Waals surface area contributed by atoms with Crippen LogP contribution in [0.3, 0.4) is 0 Å². The van der Waals surface area contributed by atoms with Crippen LogP contribution in [-0.4, -0.2) is 27.1 Å². The maximum absolute atomic E-state index is 10.7. The van der Waals surface area contributed by atoms with E-state index in [9.17, 15) is 4.79 Å². The first-order valence-corrected chi connectivity index (χ1v) is 5.04. The van der Waals surface area contributed by atoms with Crippen molar-refractivity contribution in [3.8, 4) is 29.6 Å². The Morgan fingerprint density at radius 1 is 1.29 bits per heavy atom. The van der Waals surface area contributed by atoms with Gasteiger partial charge in [-0.05, 0) is 12.1 Å². The molecule has 1 aromatic rings. The summed E-state index contributed by atoms with van der Waals surface area (Å²) in [6.45, 7) is 0.365. The molecule has 0 N–H and O–H groups in total. The van der Waals surface area contributed by atoms with Gasteiger partial charge in [0.1, 0.15) is 6.29 Å². The van der Waals surface area contributed by atoms with Gasteiger partial charge in [0.15, 0.2) is 11.5 Å². The van der Waals surface area contributed by atoms with Gasteiger partial charge in [0.25, 0.3) is 0 Å². The number of methoxy groups -OCH3 is 2. The van der Waals surface area contributed by atoms with Crippen LogP contribution in [0.25, 0.3) is 0 Å². The largest absolute Gasteiger partial charge is 0.493 e. The smallest absolute Gasteiger partial charge is 0.203 e. The first-order valence-electron chi connectivity index (χ1n) is 5.04. The second-order valence-electron chi connectivity index (χ2n) is 3.17. The molecule has 0 bridgehead atoms. The normalized spacial score (nSPS) is 9.24. The van der Waals surface area contributed by atoms with E-state index in [1.165, 1.54) is 14.2 Å². The molecule has 0 radical (unpaired) electrons. The van der Waals surface area contributed by atoms with Crippen LogP contribution >= 0.6 is 0 Å². The Bertz CT molecular complexity index is 407. The van der Waals surface area contributed by atoms with E-state index in [0.29, 0.717) is 35.8 Å². The highest BCUT2D eigenvalue weighted by molar-refractivity contribution is 5.78. The molecule has 0 aliphatic carbocycles. The van der Waals surface area contributed by atoms with Gasteiger partial charge in [0, 0.05) is 12.0 Å². The Morgan fingerprint density at radius 3 is 2.29 bits per heavy atom. The first-order chi connectivity index (χ1) is 8.26. The minimum atomic E-state index is 0.365. The van der Waals surface area contributed by atoms with Crippen molar-refractivity contribution in [2.45, 2.75) is 6.42 Å². The zero-order valence-corrected chi connectivity index (χ0v) is 9.86. The molecule has 0 saturated heterocycles. The van der Waals surface area contributed by atoms with Gasteiger partial charge in [0.05, 0.1) is 20.8 Å². The van der Waals surface area contributed by atoms with Crippen molar-refractivity contribution >= 4 is 6.29 Å². The molecule has 90 valence electrons. The van der Waals surface area contributed by atoms with Crippen LogP contribution in [-0.2, 0) is 0 Å². The molecule has 0 fully saturated rings. The van der Waals surface area contributed by atoms with Crippen molar-refractivity contribution < 1.29 is 19.0 Å². The highest BCUT2D eigenvalue weighted by Gasteiger charge is 2.13. The summed E-state index contributed by atoms with van der Waals surface area (Å²) in [5, 5.41) is 0. The maximum Gasteiger partial charge on any atom is 0.203 e. The van der Waals surface area contributed by atoms with Crippen molar-refractivity contribution in [2.75, 3.05) is 20.8 Å². The number of ether oxygens (including phenoxy) is 3. The molecule has 0 unspecified atom stereocenters. The summed E-state index contributed by atoms with van der Waals surface area (Å²) >= 11 is 0. The van der Waals surface area contributed by atoms with Crippen molar-refractivity contribution in [1.82, 2.24) is 0 Å². The van der Waals surface area contributed by atoms with Gasteiger partial charge < -0.3 is 14.2 Å². The summed E-state index contributed by atoms with van der Waals surface area (Å²) in [6.07, 6.45) is 6.35. The Labute approximate surface area is 100 Å². The van der Waals surface area contributed by atoms with Gasteiger partial charge in [-0.3, -0.25) is 4.79 Å². The van der Waals surface area contributed by atoms with Gasteiger partial charge in [-0.15, -0.1) is 12.3 Å². The first kappa shape index (κ1) is 12.9. The van der Waals surface area contributed by atoms with Crippen LogP contribution in [0.15, 0.2) is 12.1 Å². The number of terminal acetylenes is 1. The quantitative estimate of drug-likeness (QED) is 0.428. The molecule has 0 aromatic heterocycles. The fourth-order valence-electron chi connectivity index (χ4n) is 1.32. The molecule has 0 aliphatic rings. The second kappa shape index (κ2) is 6.44. The van der Waals surface area contributed by atoms with Gasteiger partial charge in [-0.2, -0.15) is 0 Å². The average Bonchev–Trinajstić information content (AvgIpc) is 2.38. The maximum atomic E-state index is 10.7. The fraction of sp³-hybridized carbons (Fsp3) is 0.308. The number of hydrogen-bond acceptors (Lipinski definition) is 4. The molecule has 4 heteroatoms. The van der Waals surface area contributed by atoms with Crippen molar-refractivity contribution in [1.29, 1.82) is 0 Å². The van der Waals surface area contributed by atoms with Crippen molar-refractivity contribution in [3.63, 3.8) is 0 Å². The third kappa shape index (κ3) is 3.15. The molecule has 1 rings (SSSR count). The number of carbonyl (C=O) groups is 1. The molecule has 4 nitrogen and oxygen atoms in total. The molecular weight excluding hydrogens is 220 g/mol. The Morgan fingerprint density at radius 2 is 1.88 bits per heavy atom. The molecule has 0 spiro atoms. The minimum Gasteiger partial charge on any atom is -0.493 e. The summed E-state index contributed by atoms with van der Waals surface area (Å²) in [5.41, 5.74) is 0.461. The van der Waals surface area contributed by atoms with E-state index in [4.69, 9.17) is 20.6 Å². The van der Waals surface area contributed by atoms with Crippen LogP contribution in [0.1, 0.15) is 16.8 Å². The molecule has 1 aromatic carbocycles. The van der Waals surface area contributed by atoms with Crippen LogP contribution in [0, 0.1) is 12.3 Å². The van der Waals surface area contributed by atoms with Crippen molar-refractivity contribution in [2.24, 2.45) is 0 Å². The second-order valence-corrected chi connectivity index (χ2v) is 3.17.